The Morgan fingerprint density at radius 1 is 1.22 bits per heavy atom. The van der Waals surface area contributed by atoms with Crippen LogP contribution in [0.25, 0.3) is 0 Å². The highest BCUT2D eigenvalue weighted by molar-refractivity contribution is 5.30. The third kappa shape index (κ3) is 3.12. The van der Waals surface area contributed by atoms with Crippen molar-refractivity contribution in [3.63, 3.8) is 0 Å². The van der Waals surface area contributed by atoms with Crippen LogP contribution < -0.4 is 5.32 Å². The molecule has 4 nitrogen and oxygen atoms in total. The molecule has 1 N–H and O–H groups in total. The third-order valence-electron chi connectivity index (χ3n) is 2.61. The molecule has 0 radical (unpaired) electrons. The second kappa shape index (κ2) is 5.89. The molecule has 0 aliphatic carbocycles. The minimum atomic E-state index is 0.479. The monoisotopic (exact) mass is 238 g/mol. The Balaban J connectivity index is 1.93. The molecule has 0 atom stereocenters. The van der Waals surface area contributed by atoms with E-state index in [2.05, 4.69) is 21.4 Å². The van der Waals surface area contributed by atoms with Crippen LogP contribution in [-0.2, 0) is 13.1 Å². The fraction of sp³-hybridized carbons (Fsp3) is 0.214. The van der Waals surface area contributed by atoms with Gasteiger partial charge in [0.15, 0.2) is 0 Å². The Kier molecular flexibility index (Phi) is 4.00. The maximum Gasteiger partial charge on any atom is 0.144 e. The highest BCUT2D eigenvalue weighted by Crippen LogP contribution is 2.04. The zero-order chi connectivity index (χ0) is 12.8. The second-order valence-electron chi connectivity index (χ2n) is 4.03. The van der Waals surface area contributed by atoms with Crippen LogP contribution in [-0.4, -0.2) is 9.97 Å². The van der Waals surface area contributed by atoms with Crippen LogP contribution in [0.5, 0.6) is 0 Å². The molecule has 4 heteroatoms. The van der Waals surface area contributed by atoms with Gasteiger partial charge in [-0.1, -0.05) is 12.1 Å². The Labute approximate surface area is 106 Å². The summed E-state index contributed by atoms with van der Waals surface area (Å²) in [5, 5.41) is 12.2. The molecule has 2 rings (SSSR count). The lowest BCUT2D eigenvalue weighted by atomic mass is 10.2. The zero-order valence-electron chi connectivity index (χ0n) is 10.2. The third-order valence-corrected chi connectivity index (χ3v) is 2.61. The standard InChI is InChI=1S/C14H14N4/c1-11-4-5-12(9-18-11)8-16-10-13-3-2-6-17-14(13)7-15/h2-6,9,16H,8,10H2,1H3. The Hall–Kier alpha value is -2.25. The molecule has 0 fully saturated rings. The fourth-order valence-corrected chi connectivity index (χ4v) is 1.63. The molecule has 0 aliphatic heterocycles. The van der Waals surface area contributed by atoms with E-state index >= 15 is 0 Å². The molecule has 2 aromatic rings. The zero-order valence-corrected chi connectivity index (χ0v) is 10.2. The van der Waals surface area contributed by atoms with Crippen molar-refractivity contribution in [2.24, 2.45) is 0 Å². The predicted octanol–water partition coefficient (Wildman–Crippen LogP) is 1.95. The van der Waals surface area contributed by atoms with Crippen LogP contribution in [0.2, 0.25) is 0 Å². The lowest BCUT2D eigenvalue weighted by Gasteiger charge is -2.06. The lowest BCUT2D eigenvalue weighted by molar-refractivity contribution is 0.687. The molecule has 90 valence electrons. The van der Waals surface area contributed by atoms with Crippen molar-refractivity contribution >= 4 is 0 Å². The SMILES string of the molecule is Cc1ccc(CNCc2cccnc2C#N)cn1. The number of aromatic nitrogens is 2. The molecule has 0 saturated heterocycles. The van der Waals surface area contributed by atoms with Gasteiger partial charge in [-0.15, -0.1) is 0 Å². The summed E-state index contributed by atoms with van der Waals surface area (Å²) in [4.78, 5) is 8.25. The molecule has 2 aromatic heterocycles. The average Bonchev–Trinajstić information content (AvgIpc) is 2.41. The molecule has 18 heavy (non-hydrogen) atoms. The maximum atomic E-state index is 8.92. The van der Waals surface area contributed by atoms with Crippen molar-refractivity contribution in [3.8, 4) is 6.07 Å². The smallest absolute Gasteiger partial charge is 0.144 e. The van der Waals surface area contributed by atoms with E-state index in [0.29, 0.717) is 12.2 Å². The Morgan fingerprint density at radius 2 is 2.11 bits per heavy atom. The van der Waals surface area contributed by atoms with E-state index in [4.69, 9.17) is 5.26 Å². The molecule has 0 saturated carbocycles. The van der Waals surface area contributed by atoms with E-state index < -0.39 is 0 Å². The lowest BCUT2D eigenvalue weighted by Crippen LogP contribution is -2.14. The van der Waals surface area contributed by atoms with Crippen molar-refractivity contribution in [2.45, 2.75) is 20.0 Å². The quantitative estimate of drug-likeness (QED) is 0.884. The number of rotatable bonds is 4. The van der Waals surface area contributed by atoms with E-state index in [1.807, 2.05) is 37.4 Å². The molecule has 0 unspecified atom stereocenters. The number of pyridine rings is 2. The van der Waals surface area contributed by atoms with Gasteiger partial charge in [-0.05, 0) is 24.6 Å². The summed E-state index contributed by atoms with van der Waals surface area (Å²) in [5.74, 6) is 0. The van der Waals surface area contributed by atoms with Gasteiger partial charge in [0.1, 0.15) is 11.8 Å². The van der Waals surface area contributed by atoms with Gasteiger partial charge in [-0.25, -0.2) is 4.98 Å². The van der Waals surface area contributed by atoms with Crippen molar-refractivity contribution < 1.29 is 0 Å². The first kappa shape index (κ1) is 12.2. The van der Waals surface area contributed by atoms with E-state index in [0.717, 1.165) is 23.4 Å². The summed E-state index contributed by atoms with van der Waals surface area (Å²) in [6.45, 7) is 3.32. The van der Waals surface area contributed by atoms with E-state index in [1.54, 1.807) is 6.20 Å². The molecule has 0 aromatic carbocycles. The highest BCUT2D eigenvalue weighted by atomic mass is 14.9. The first-order chi connectivity index (χ1) is 8.79. The van der Waals surface area contributed by atoms with Gasteiger partial charge in [-0.2, -0.15) is 5.26 Å². The first-order valence-corrected chi connectivity index (χ1v) is 5.76. The normalized spacial score (nSPS) is 10.0. The van der Waals surface area contributed by atoms with Crippen molar-refractivity contribution in [2.75, 3.05) is 0 Å². The first-order valence-electron chi connectivity index (χ1n) is 5.76. The number of aryl methyl sites for hydroxylation is 1. The number of hydrogen-bond acceptors (Lipinski definition) is 4. The summed E-state index contributed by atoms with van der Waals surface area (Å²) in [7, 11) is 0. The van der Waals surface area contributed by atoms with Crippen molar-refractivity contribution in [3.05, 3.63) is 59.2 Å². The number of nitrogens with zero attached hydrogens (tertiary/aromatic N) is 3. The summed E-state index contributed by atoms with van der Waals surface area (Å²) >= 11 is 0. The van der Waals surface area contributed by atoms with Crippen LogP contribution >= 0.6 is 0 Å². The molecular weight excluding hydrogens is 224 g/mol. The minimum absolute atomic E-state index is 0.479. The predicted molar refractivity (Wildman–Crippen MR) is 68.5 cm³/mol. The van der Waals surface area contributed by atoms with Crippen LogP contribution in [0.3, 0.4) is 0 Å². The van der Waals surface area contributed by atoms with Crippen molar-refractivity contribution in [1.29, 1.82) is 5.26 Å². The molecule has 0 spiro atoms. The van der Waals surface area contributed by atoms with Crippen LogP contribution in [0.15, 0.2) is 36.7 Å². The summed E-state index contributed by atoms with van der Waals surface area (Å²) < 4.78 is 0. The highest BCUT2D eigenvalue weighted by Gasteiger charge is 2.01. The van der Waals surface area contributed by atoms with E-state index in [9.17, 15) is 0 Å². The maximum absolute atomic E-state index is 8.92. The average molecular weight is 238 g/mol. The van der Waals surface area contributed by atoms with Crippen LogP contribution in [0, 0.1) is 18.3 Å². The Morgan fingerprint density at radius 3 is 2.83 bits per heavy atom. The van der Waals surface area contributed by atoms with Gasteiger partial charge in [0, 0.05) is 36.7 Å². The number of nitriles is 1. The summed E-state index contributed by atoms with van der Waals surface area (Å²) in [6.07, 6.45) is 3.49. The van der Waals surface area contributed by atoms with E-state index in [-0.39, 0.29) is 0 Å². The van der Waals surface area contributed by atoms with Gasteiger partial charge in [-0.3, -0.25) is 4.98 Å². The van der Waals surface area contributed by atoms with Gasteiger partial charge in [0.25, 0.3) is 0 Å². The number of hydrogen-bond donors (Lipinski definition) is 1. The topological polar surface area (TPSA) is 61.6 Å². The molecule has 2 heterocycles. The second-order valence-corrected chi connectivity index (χ2v) is 4.03. The molecule has 0 aliphatic rings. The van der Waals surface area contributed by atoms with E-state index in [1.165, 1.54) is 0 Å². The number of nitrogens with one attached hydrogen (secondary N) is 1. The Bertz CT molecular complexity index is 555. The van der Waals surface area contributed by atoms with Crippen LogP contribution in [0.1, 0.15) is 22.5 Å². The van der Waals surface area contributed by atoms with Crippen LogP contribution in [0.4, 0.5) is 0 Å². The molecular formula is C14H14N4. The largest absolute Gasteiger partial charge is 0.308 e. The molecule has 0 amide bonds. The van der Waals surface area contributed by atoms with Gasteiger partial charge >= 0.3 is 0 Å². The fourth-order valence-electron chi connectivity index (χ4n) is 1.63. The summed E-state index contributed by atoms with van der Waals surface area (Å²) in [5.41, 5.74) is 3.54. The minimum Gasteiger partial charge on any atom is -0.308 e. The summed E-state index contributed by atoms with van der Waals surface area (Å²) in [6, 6.07) is 9.87. The molecule has 0 bridgehead atoms. The van der Waals surface area contributed by atoms with Gasteiger partial charge in [0.2, 0.25) is 0 Å². The van der Waals surface area contributed by atoms with Gasteiger partial charge in [0.05, 0.1) is 0 Å². The van der Waals surface area contributed by atoms with Crippen molar-refractivity contribution in [1.82, 2.24) is 15.3 Å². The van der Waals surface area contributed by atoms with Gasteiger partial charge < -0.3 is 5.32 Å².